The first-order chi connectivity index (χ1) is 8.42. The van der Waals surface area contributed by atoms with Gasteiger partial charge in [-0.05, 0) is 12.1 Å². The molecule has 0 radical (unpaired) electrons. The number of halogens is 6. The molecule has 19 heavy (non-hydrogen) atoms. The molecule has 0 fully saturated rings. The average molecular weight is 310 g/mol. The van der Waals surface area contributed by atoms with Crippen molar-refractivity contribution < 1.29 is 43.7 Å². The van der Waals surface area contributed by atoms with E-state index in [1.54, 1.807) is 0 Å². The lowest BCUT2D eigenvalue weighted by Gasteiger charge is -2.14. The smallest absolute Gasteiger partial charge is 0.402 e. The molecule has 0 aliphatic carbocycles. The molecule has 0 spiro atoms. The van der Waals surface area contributed by atoms with Gasteiger partial charge >= 0.3 is 22.0 Å². The van der Waals surface area contributed by atoms with Crippen molar-refractivity contribution in [3.8, 4) is 11.5 Å². The standard InChI is InChI=1S/C8H4F6O4S/c9-7(10,11)17-5-3-1-2-4-6(5)18-19(15,16)8(12,13)14/h1-4H. The van der Waals surface area contributed by atoms with Gasteiger partial charge in [-0.25, -0.2) is 0 Å². The second-order valence-electron chi connectivity index (χ2n) is 2.98. The summed E-state index contributed by atoms with van der Waals surface area (Å²) in [6.45, 7) is 0. The van der Waals surface area contributed by atoms with Crippen LogP contribution in [0.4, 0.5) is 26.3 Å². The molecule has 0 N–H and O–H groups in total. The number of benzene rings is 1. The van der Waals surface area contributed by atoms with Crippen molar-refractivity contribution in [2.45, 2.75) is 11.9 Å². The van der Waals surface area contributed by atoms with Gasteiger partial charge in [-0.15, -0.1) is 13.2 Å². The van der Waals surface area contributed by atoms with E-state index in [1.807, 2.05) is 0 Å². The third-order valence-corrected chi connectivity index (χ3v) is 2.52. The molecule has 0 saturated carbocycles. The highest BCUT2D eigenvalue weighted by Crippen LogP contribution is 2.35. The van der Waals surface area contributed by atoms with Gasteiger partial charge in [-0.1, -0.05) is 12.1 Å². The molecule has 0 amide bonds. The van der Waals surface area contributed by atoms with Crippen molar-refractivity contribution in [3.63, 3.8) is 0 Å². The summed E-state index contributed by atoms with van der Waals surface area (Å²) < 4.78 is 100. The monoisotopic (exact) mass is 310 g/mol. The van der Waals surface area contributed by atoms with Gasteiger partial charge in [0.2, 0.25) is 0 Å². The Bertz CT molecular complexity index is 547. The number of ether oxygens (including phenoxy) is 1. The Morgan fingerprint density at radius 3 is 1.79 bits per heavy atom. The maximum Gasteiger partial charge on any atom is 0.573 e. The molecule has 0 aromatic heterocycles. The normalized spacial score (nSPS) is 13.2. The molecule has 1 aromatic rings. The van der Waals surface area contributed by atoms with Gasteiger partial charge in [0, 0.05) is 0 Å². The minimum absolute atomic E-state index is 0.588. The van der Waals surface area contributed by atoms with E-state index in [4.69, 9.17) is 0 Å². The Morgan fingerprint density at radius 2 is 1.37 bits per heavy atom. The highest BCUT2D eigenvalue weighted by molar-refractivity contribution is 7.88. The number of alkyl halides is 6. The second-order valence-corrected chi connectivity index (χ2v) is 4.52. The lowest BCUT2D eigenvalue weighted by Crippen LogP contribution is -2.28. The van der Waals surface area contributed by atoms with Crippen molar-refractivity contribution in [3.05, 3.63) is 24.3 Å². The summed E-state index contributed by atoms with van der Waals surface area (Å²) >= 11 is 0. The number of rotatable bonds is 3. The zero-order chi connectivity index (χ0) is 14.9. The number of para-hydroxylation sites is 2. The fourth-order valence-electron chi connectivity index (χ4n) is 0.893. The van der Waals surface area contributed by atoms with Crippen LogP contribution in [0.15, 0.2) is 24.3 Å². The largest absolute Gasteiger partial charge is 0.573 e. The van der Waals surface area contributed by atoms with Crippen LogP contribution < -0.4 is 8.92 Å². The third kappa shape index (κ3) is 4.19. The Kier molecular flexibility index (Phi) is 3.89. The highest BCUT2D eigenvalue weighted by Gasteiger charge is 2.49. The van der Waals surface area contributed by atoms with Gasteiger partial charge in [0.25, 0.3) is 0 Å². The summed E-state index contributed by atoms with van der Waals surface area (Å²) in [6.07, 6.45) is -5.21. The van der Waals surface area contributed by atoms with E-state index in [0.29, 0.717) is 12.1 Å². The van der Waals surface area contributed by atoms with Crippen LogP contribution in [0.25, 0.3) is 0 Å². The quantitative estimate of drug-likeness (QED) is 0.489. The first-order valence-electron chi connectivity index (χ1n) is 4.28. The molecular weight excluding hydrogens is 306 g/mol. The molecular formula is C8H4F6O4S. The van der Waals surface area contributed by atoms with Crippen LogP contribution in [0.3, 0.4) is 0 Å². The van der Waals surface area contributed by atoms with Crippen LogP contribution in [-0.2, 0) is 10.1 Å². The molecule has 1 rings (SSSR count). The maximum absolute atomic E-state index is 12.0. The molecule has 0 heterocycles. The van der Waals surface area contributed by atoms with E-state index in [0.717, 1.165) is 12.1 Å². The molecule has 0 saturated heterocycles. The van der Waals surface area contributed by atoms with Gasteiger partial charge < -0.3 is 8.92 Å². The van der Waals surface area contributed by atoms with Crippen LogP contribution in [0.1, 0.15) is 0 Å². The summed E-state index contributed by atoms with van der Waals surface area (Å²) in [5, 5.41) is 0. The minimum Gasteiger partial charge on any atom is -0.402 e. The van der Waals surface area contributed by atoms with E-state index in [-0.39, 0.29) is 0 Å². The van der Waals surface area contributed by atoms with E-state index in [1.165, 1.54) is 0 Å². The van der Waals surface area contributed by atoms with Gasteiger partial charge in [-0.3, -0.25) is 0 Å². The number of hydrogen-bond acceptors (Lipinski definition) is 4. The van der Waals surface area contributed by atoms with Crippen LogP contribution in [0.5, 0.6) is 11.5 Å². The third-order valence-electron chi connectivity index (χ3n) is 1.56. The molecule has 0 bridgehead atoms. The SMILES string of the molecule is O=S(=O)(Oc1ccccc1OC(F)(F)F)C(F)(F)F. The summed E-state index contributed by atoms with van der Waals surface area (Å²) in [5.41, 5.74) is -5.77. The van der Waals surface area contributed by atoms with Gasteiger partial charge in [-0.2, -0.15) is 21.6 Å². The Labute approximate surface area is 102 Å². The van der Waals surface area contributed by atoms with Crippen molar-refractivity contribution in [1.29, 1.82) is 0 Å². The average Bonchev–Trinajstić information content (AvgIpc) is 2.16. The van der Waals surface area contributed by atoms with E-state index in [2.05, 4.69) is 8.92 Å². The molecule has 0 aliphatic rings. The lowest BCUT2D eigenvalue weighted by molar-refractivity contribution is -0.274. The lowest BCUT2D eigenvalue weighted by atomic mass is 10.3. The Morgan fingerprint density at radius 1 is 0.895 bits per heavy atom. The van der Waals surface area contributed by atoms with Gasteiger partial charge in [0.05, 0.1) is 0 Å². The van der Waals surface area contributed by atoms with E-state index in [9.17, 15) is 34.8 Å². The van der Waals surface area contributed by atoms with Crippen LogP contribution in [0.2, 0.25) is 0 Å². The summed E-state index contributed by atoms with van der Waals surface area (Å²) in [6, 6.07) is 3.16. The number of hydrogen-bond donors (Lipinski definition) is 0. The van der Waals surface area contributed by atoms with Crippen molar-refractivity contribution >= 4 is 10.1 Å². The molecule has 0 unspecified atom stereocenters. The minimum atomic E-state index is -6.08. The second kappa shape index (κ2) is 4.79. The summed E-state index contributed by atoms with van der Waals surface area (Å²) in [4.78, 5) is 0. The van der Waals surface area contributed by atoms with E-state index >= 15 is 0 Å². The zero-order valence-corrected chi connectivity index (χ0v) is 9.43. The predicted molar refractivity (Wildman–Crippen MR) is 48.7 cm³/mol. The van der Waals surface area contributed by atoms with Crippen LogP contribution in [-0.4, -0.2) is 20.3 Å². The first-order valence-corrected chi connectivity index (χ1v) is 5.69. The Balaban J connectivity index is 3.10. The van der Waals surface area contributed by atoms with E-state index < -0.39 is 33.5 Å². The highest BCUT2D eigenvalue weighted by atomic mass is 32.2. The van der Waals surface area contributed by atoms with Gasteiger partial charge in [0.15, 0.2) is 11.5 Å². The van der Waals surface area contributed by atoms with Crippen LogP contribution in [0, 0.1) is 0 Å². The zero-order valence-electron chi connectivity index (χ0n) is 8.62. The molecule has 11 heteroatoms. The first kappa shape index (κ1) is 15.4. The van der Waals surface area contributed by atoms with Crippen LogP contribution >= 0.6 is 0 Å². The fourth-order valence-corrected chi connectivity index (χ4v) is 1.36. The molecule has 0 aliphatic heterocycles. The van der Waals surface area contributed by atoms with Crippen molar-refractivity contribution in [1.82, 2.24) is 0 Å². The van der Waals surface area contributed by atoms with Gasteiger partial charge in [0.1, 0.15) is 0 Å². The summed E-state index contributed by atoms with van der Waals surface area (Å²) in [7, 11) is -6.08. The topological polar surface area (TPSA) is 52.6 Å². The van der Waals surface area contributed by atoms with Crippen molar-refractivity contribution in [2.75, 3.05) is 0 Å². The predicted octanol–water partition coefficient (Wildman–Crippen LogP) is 2.81. The van der Waals surface area contributed by atoms with Crippen molar-refractivity contribution in [2.24, 2.45) is 0 Å². The summed E-state index contributed by atoms with van der Waals surface area (Å²) in [5.74, 6) is -2.43. The Hall–Kier alpha value is -1.65. The molecule has 108 valence electrons. The molecule has 1 aromatic carbocycles. The molecule has 4 nitrogen and oxygen atoms in total. The maximum atomic E-state index is 12.0. The molecule has 0 atom stereocenters. The fraction of sp³-hybridized carbons (Fsp3) is 0.250.